The molecule has 1 saturated heterocycles. The van der Waals surface area contributed by atoms with Gasteiger partial charge in [-0.2, -0.15) is 11.8 Å². The van der Waals surface area contributed by atoms with Gasteiger partial charge in [0.05, 0.1) is 12.0 Å². The molecule has 6 heteroatoms. The van der Waals surface area contributed by atoms with Gasteiger partial charge in [0.2, 0.25) is 5.91 Å². The van der Waals surface area contributed by atoms with Gasteiger partial charge < -0.3 is 14.6 Å². The minimum absolute atomic E-state index is 0.00453. The van der Waals surface area contributed by atoms with E-state index in [2.05, 4.69) is 5.32 Å². The lowest BCUT2D eigenvalue weighted by atomic mass is 9.95. The molecule has 2 amide bonds. The van der Waals surface area contributed by atoms with Crippen molar-refractivity contribution < 1.29 is 14.0 Å². The third-order valence-corrected chi connectivity index (χ3v) is 5.53. The molecule has 0 spiro atoms. The van der Waals surface area contributed by atoms with Crippen LogP contribution in [0.5, 0.6) is 0 Å². The molecule has 1 aromatic carbocycles. The maximum Gasteiger partial charge on any atom is 0.253 e. The second kappa shape index (κ2) is 9.48. The number of thioether (sulfide) groups is 1. The molecule has 1 aromatic heterocycles. The predicted octanol–water partition coefficient (Wildman–Crippen LogP) is 3.18. The zero-order chi connectivity index (χ0) is 18.2. The van der Waals surface area contributed by atoms with Gasteiger partial charge in [0.25, 0.3) is 5.91 Å². The number of furan rings is 1. The van der Waals surface area contributed by atoms with Gasteiger partial charge in [-0.1, -0.05) is 18.2 Å². The van der Waals surface area contributed by atoms with Crippen molar-refractivity contribution in [1.82, 2.24) is 10.2 Å². The molecule has 2 heterocycles. The second-order valence-corrected chi connectivity index (χ2v) is 7.46. The Balaban J connectivity index is 1.33. The smallest absolute Gasteiger partial charge is 0.253 e. The van der Waals surface area contributed by atoms with E-state index < -0.39 is 0 Å². The molecule has 138 valence electrons. The molecular formula is C20H24N2O3S. The van der Waals surface area contributed by atoms with E-state index in [0.29, 0.717) is 25.2 Å². The first-order valence-electron chi connectivity index (χ1n) is 8.96. The Kier molecular flexibility index (Phi) is 6.77. The van der Waals surface area contributed by atoms with E-state index in [1.807, 2.05) is 47.4 Å². The Morgan fingerprint density at radius 2 is 1.88 bits per heavy atom. The fourth-order valence-electron chi connectivity index (χ4n) is 3.07. The zero-order valence-corrected chi connectivity index (χ0v) is 15.5. The third kappa shape index (κ3) is 5.14. The first-order chi connectivity index (χ1) is 12.7. The fraction of sp³-hybridized carbons (Fsp3) is 0.400. The summed E-state index contributed by atoms with van der Waals surface area (Å²) in [4.78, 5) is 26.6. The van der Waals surface area contributed by atoms with E-state index >= 15 is 0 Å². The molecule has 2 aromatic rings. The number of nitrogens with one attached hydrogen (secondary N) is 1. The number of carbonyl (C=O) groups excluding carboxylic acids is 2. The molecule has 0 atom stereocenters. The number of nitrogens with zero attached hydrogens (tertiary/aromatic N) is 1. The Labute approximate surface area is 158 Å². The van der Waals surface area contributed by atoms with Gasteiger partial charge in [-0.05, 0) is 37.1 Å². The van der Waals surface area contributed by atoms with Crippen LogP contribution in [0.2, 0.25) is 0 Å². The number of hydrogen-bond acceptors (Lipinski definition) is 4. The lowest BCUT2D eigenvalue weighted by molar-refractivity contribution is -0.126. The van der Waals surface area contributed by atoms with Crippen LogP contribution >= 0.6 is 11.8 Å². The molecule has 3 rings (SSSR count). The summed E-state index contributed by atoms with van der Waals surface area (Å²) in [6, 6.07) is 13.2. The van der Waals surface area contributed by atoms with E-state index in [-0.39, 0.29) is 17.7 Å². The minimum Gasteiger partial charge on any atom is -0.468 e. The van der Waals surface area contributed by atoms with Crippen molar-refractivity contribution in [2.75, 3.05) is 25.4 Å². The van der Waals surface area contributed by atoms with Gasteiger partial charge in [0, 0.05) is 36.9 Å². The van der Waals surface area contributed by atoms with Crippen molar-refractivity contribution in [2.45, 2.75) is 18.6 Å². The fourth-order valence-corrected chi connectivity index (χ4v) is 3.82. The average Bonchev–Trinajstić information content (AvgIpc) is 3.21. The van der Waals surface area contributed by atoms with Crippen molar-refractivity contribution >= 4 is 23.6 Å². The molecule has 0 bridgehead atoms. The van der Waals surface area contributed by atoms with E-state index in [9.17, 15) is 9.59 Å². The number of piperidine rings is 1. The van der Waals surface area contributed by atoms with Gasteiger partial charge in [0.15, 0.2) is 0 Å². The number of rotatable bonds is 7. The molecule has 5 nitrogen and oxygen atoms in total. The summed E-state index contributed by atoms with van der Waals surface area (Å²) in [5.74, 6) is 2.80. The first kappa shape index (κ1) is 18.6. The van der Waals surface area contributed by atoms with Crippen LogP contribution in [0.15, 0.2) is 53.1 Å². The van der Waals surface area contributed by atoms with Gasteiger partial charge in [-0.15, -0.1) is 0 Å². The van der Waals surface area contributed by atoms with E-state index in [1.165, 1.54) is 0 Å². The zero-order valence-electron chi connectivity index (χ0n) is 14.7. The number of hydrogen-bond donors (Lipinski definition) is 1. The molecule has 1 aliphatic heterocycles. The average molecular weight is 372 g/mol. The summed E-state index contributed by atoms with van der Waals surface area (Å²) >= 11 is 1.74. The molecule has 0 aliphatic carbocycles. The summed E-state index contributed by atoms with van der Waals surface area (Å²) in [5, 5.41) is 3.01. The van der Waals surface area contributed by atoms with Gasteiger partial charge in [0.1, 0.15) is 5.76 Å². The standard InChI is InChI=1S/C20H24N2O3S/c23-19(21-10-14-26-15-18-7-4-13-25-18)16-8-11-22(12-9-16)20(24)17-5-2-1-3-6-17/h1-7,13,16H,8-12,14-15H2,(H,21,23). The monoisotopic (exact) mass is 372 g/mol. The highest BCUT2D eigenvalue weighted by Crippen LogP contribution is 2.19. The topological polar surface area (TPSA) is 62.6 Å². The van der Waals surface area contributed by atoms with Crippen LogP contribution < -0.4 is 5.32 Å². The highest BCUT2D eigenvalue weighted by atomic mass is 32.2. The van der Waals surface area contributed by atoms with E-state index in [1.54, 1.807) is 18.0 Å². The Morgan fingerprint density at radius 1 is 1.12 bits per heavy atom. The maximum atomic E-state index is 12.4. The minimum atomic E-state index is 0.00453. The third-order valence-electron chi connectivity index (χ3n) is 4.54. The Morgan fingerprint density at radius 3 is 2.58 bits per heavy atom. The summed E-state index contributed by atoms with van der Waals surface area (Å²) in [7, 11) is 0. The molecule has 0 radical (unpaired) electrons. The molecule has 1 N–H and O–H groups in total. The van der Waals surface area contributed by atoms with Crippen LogP contribution in [0.25, 0.3) is 0 Å². The highest BCUT2D eigenvalue weighted by molar-refractivity contribution is 7.98. The molecule has 0 saturated carbocycles. The lowest BCUT2D eigenvalue weighted by Crippen LogP contribution is -2.43. The van der Waals surface area contributed by atoms with Crippen LogP contribution in [0.1, 0.15) is 29.0 Å². The number of likely N-dealkylation sites (tertiary alicyclic amines) is 1. The summed E-state index contributed by atoms with van der Waals surface area (Å²) in [6.07, 6.45) is 3.13. The van der Waals surface area contributed by atoms with Crippen molar-refractivity contribution in [2.24, 2.45) is 5.92 Å². The summed E-state index contributed by atoms with van der Waals surface area (Å²) < 4.78 is 5.28. The van der Waals surface area contributed by atoms with Crippen LogP contribution in [-0.2, 0) is 10.5 Å². The first-order valence-corrected chi connectivity index (χ1v) is 10.1. The molecular weight excluding hydrogens is 348 g/mol. The quantitative estimate of drug-likeness (QED) is 0.758. The van der Waals surface area contributed by atoms with Crippen molar-refractivity contribution in [3.8, 4) is 0 Å². The molecule has 1 aliphatic rings. The SMILES string of the molecule is O=C(NCCSCc1ccco1)C1CCN(C(=O)c2ccccc2)CC1. The number of benzene rings is 1. The normalized spacial score (nSPS) is 15.0. The van der Waals surface area contributed by atoms with Crippen LogP contribution in [0, 0.1) is 5.92 Å². The van der Waals surface area contributed by atoms with E-state index in [0.717, 1.165) is 30.1 Å². The predicted molar refractivity (Wildman–Crippen MR) is 103 cm³/mol. The van der Waals surface area contributed by atoms with Crippen LogP contribution in [0.3, 0.4) is 0 Å². The van der Waals surface area contributed by atoms with E-state index in [4.69, 9.17) is 4.42 Å². The Bertz CT molecular complexity index is 695. The van der Waals surface area contributed by atoms with Gasteiger partial charge in [-0.3, -0.25) is 9.59 Å². The lowest BCUT2D eigenvalue weighted by Gasteiger charge is -2.31. The van der Waals surface area contributed by atoms with Crippen LogP contribution in [0.4, 0.5) is 0 Å². The van der Waals surface area contributed by atoms with Crippen molar-refractivity contribution in [3.63, 3.8) is 0 Å². The highest BCUT2D eigenvalue weighted by Gasteiger charge is 2.27. The maximum absolute atomic E-state index is 12.4. The largest absolute Gasteiger partial charge is 0.468 e. The number of amides is 2. The van der Waals surface area contributed by atoms with Gasteiger partial charge >= 0.3 is 0 Å². The molecule has 0 unspecified atom stereocenters. The van der Waals surface area contributed by atoms with Crippen molar-refractivity contribution in [1.29, 1.82) is 0 Å². The van der Waals surface area contributed by atoms with Crippen LogP contribution in [-0.4, -0.2) is 42.1 Å². The van der Waals surface area contributed by atoms with Gasteiger partial charge in [-0.25, -0.2) is 0 Å². The Hall–Kier alpha value is -2.21. The summed E-state index contributed by atoms with van der Waals surface area (Å²) in [5.41, 5.74) is 0.712. The van der Waals surface area contributed by atoms with Crippen molar-refractivity contribution in [3.05, 3.63) is 60.1 Å². The molecule has 1 fully saturated rings. The second-order valence-electron chi connectivity index (χ2n) is 6.36. The summed E-state index contributed by atoms with van der Waals surface area (Å²) in [6.45, 7) is 1.94. The molecule has 26 heavy (non-hydrogen) atoms. The number of carbonyl (C=O) groups is 2.